The predicted octanol–water partition coefficient (Wildman–Crippen LogP) is 2.67. The molecule has 1 aromatic heterocycles. The molecule has 0 bridgehead atoms. The molecule has 28 heavy (non-hydrogen) atoms. The number of hydrogen-bond acceptors (Lipinski definition) is 4. The van der Waals surface area contributed by atoms with E-state index in [0.717, 1.165) is 75.0 Å². The Morgan fingerprint density at radius 3 is 2.57 bits per heavy atom. The van der Waals surface area contributed by atoms with Gasteiger partial charge in [0.1, 0.15) is 0 Å². The van der Waals surface area contributed by atoms with E-state index in [4.69, 9.17) is 4.74 Å². The van der Waals surface area contributed by atoms with Gasteiger partial charge in [0.25, 0.3) is 5.91 Å². The Bertz CT molecular complexity index is 808. The highest BCUT2D eigenvalue weighted by atomic mass is 16.5. The zero-order chi connectivity index (χ0) is 19.5. The summed E-state index contributed by atoms with van der Waals surface area (Å²) in [6.07, 6.45) is 2.29. The van der Waals surface area contributed by atoms with Crippen molar-refractivity contribution in [3.8, 4) is 5.69 Å². The van der Waals surface area contributed by atoms with Crippen LogP contribution in [0.1, 0.15) is 34.6 Å². The van der Waals surface area contributed by atoms with Crippen molar-refractivity contribution in [1.82, 2.24) is 19.6 Å². The van der Waals surface area contributed by atoms with Gasteiger partial charge in [0, 0.05) is 44.0 Å². The molecule has 2 aliphatic rings. The molecule has 6 nitrogen and oxygen atoms in total. The molecule has 150 valence electrons. The first-order valence-electron chi connectivity index (χ1n) is 10.3. The lowest BCUT2D eigenvalue weighted by Gasteiger charge is -2.36. The van der Waals surface area contributed by atoms with Crippen molar-refractivity contribution < 1.29 is 9.53 Å². The van der Waals surface area contributed by atoms with Gasteiger partial charge in [-0.3, -0.25) is 9.69 Å². The summed E-state index contributed by atoms with van der Waals surface area (Å²) in [5, 5.41) is 4.52. The van der Waals surface area contributed by atoms with Crippen LogP contribution in [0.2, 0.25) is 0 Å². The van der Waals surface area contributed by atoms with Gasteiger partial charge in [-0.1, -0.05) is 0 Å². The highest BCUT2D eigenvalue weighted by Crippen LogP contribution is 2.21. The Kier molecular flexibility index (Phi) is 5.78. The van der Waals surface area contributed by atoms with Crippen LogP contribution in [0.15, 0.2) is 30.3 Å². The SMILES string of the molecule is Cc1cc(C)n(-c2ccc(C(=O)N3CCC[C@H](CN4CCOCC4)C3)cc2)n1. The van der Waals surface area contributed by atoms with Crippen molar-refractivity contribution in [3.05, 3.63) is 47.3 Å². The minimum atomic E-state index is 0.145. The molecule has 1 aromatic carbocycles. The monoisotopic (exact) mass is 382 g/mol. The van der Waals surface area contributed by atoms with Gasteiger partial charge in [0.15, 0.2) is 0 Å². The molecule has 0 radical (unpaired) electrons. The fourth-order valence-corrected chi connectivity index (χ4v) is 4.37. The fraction of sp³-hybridized carbons (Fsp3) is 0.545. The Balaban J connectivity index is 1.40. The van der Waals surface area contributed by atoms with Gasteiger partial charge in [-0.25, -0.2) is 4.68 Å². The minimum Gasteiger partial charge on any atom is -0.379 e. The normalized spacial score (nSPS) is 21.1. The molecular weight excluding hydrogens is 352 g/mol. The number of carbonyl (C=O) groups excluding carboxylic acids is 1. The van der Waals surface area contributed by atoms with Gasteiger partial charge < -0.3 is 9.64 Å². The maximum absolute atomic E-state index is 13.0. The van der Waals surface area contributed by atoms with Gasteiger partial charge in [0.2, 0.25) is 0 Å². The molecular formula is C22H30N4O2. The summed E-state index contributed by atoms with van der Waals surface area (Å²) in [7, 11) is 0. The zero-order valence-electron chi connectivity index (χ0n) is 16.9. The van der Waals surface area contributed by atoms with E-state index >= 15 is 0 Å². The molecule has 2 aliphatic heterocycles. The average molecular weight is 383 g/mol. The molecule has 2 aromatic rings. The first-order chi connectivity index (χ1) is 13.6. The van der Waals surface area contributed by atoms with Gasteiger partial charge in [0.05, 0.1) is 24.6 Å². The lowest BCUT2D eigenvalue weighted by Crippen LogP contribution is -2.46. The maximum atomic E-state index is 13.0. The van der Waals surface area contributed by atoms with Gasteiger partial charge in [-0.05, 0) is 62.9 Å². The molecule has 0 aliphatic carbocycles. The molecule has 0 spiro atoms. The van der Waals surface area contributed by atoms with Crippen LogP contribution >= 0.6 is 0 Å². The summed E-state index contributed by atoms with van der Waals surface area (Å²) in [6, 6.07) is 9.89. The minimum absolute atomic E-state index is 0.145. The Morgan fingerprint density at radius 1 is 1.14 bits per heavy atom. The van der Waals surface area contributed by atoms with Crippen molar-refractivity contribution in [3.63, 3.8) is 0 Å². The third kappa shape index (κ3) is 4.28. The molecule has 0 saturated carbocycles. The van der Waals surface area contributed by atoms with E-state index in [1.54, 1.807) is 0 Å². The smallest absolute Gasteiger partial charge is 0.253 e. The molecule has 3 heterocycles. The summed E-state index contributed by atoms with van der Waals surface area (Å²) in [5.41, 5.74) is 3.85. The fourth-order valence-electron chi connectivity index (χ4n) is 4.37. The molecule has 2 fully saturated rings. The number of piperidine rings is 1. The van der Waals surface area contributed by atoms with Gasteiger partial charge >= 0.3 is 0 Å². The molecule has 0 N–H and O–H groups in total. The predicted molar refractivity (Wildman–Crippen MR) is 109 cm³/mol. The zero-order valence-corrected chi connectivity index (χ0v) is 16.9. The van der Waals surface area contributed by atoms with Crippen molar-refractivity contribution in [2.24, 2.45) is 5.92 Å². The number of benzene rings is 1. The first-order valence-corrected chi connectivity index (χ1v) is 10.3. The first kappa shape index (κ1) is 19.2. The number of nitrogens with zero attached hydrogens (tertiary/aromatic N) is 4. The van der Waals surface area contributed by atoms with E-state index < -0.39 is 0 Å². The van der Waals surface area contributed by atoms with Gasteiger partial charge in [-0.15, -0.1) is 0 Å². The number of carbonyl (C=O) groups is 1. The van der Waals surface area contributed by atoms with Crippen LogP contribution in [0.3, 0.4) is 0 Å². The van der Waals surface area contributed by atoms with Crippen molar-refractivity contribution in [1.29, 1.82) is 0 Å². The van der Waals surface area contributed by atoms with Crippen LogP contribution in [-0.2, 0) is 4.74 Å². The number of morpholine rings is 1. The standard InChI is InChI=1S/C22H30N4O2/c1-17-14-18(2)26(23-17)21-7-5-20(6-8-21)22(27)25-9-3-4-19(16-25)15-24-10-12-28-13-11-24/h5-8,14,19H,3-4,9-13,15-16H2,1-2H3/t19-/m1/s1. The second-order valence-electron chi connectivity index (χ2n) is 8.06. The van der Waals surface area contributed by atoms with Crippen molar-refractivity contribution in [2.75, 3.05) is 45.9 Å². The Morgan fingerprint density at radius 2 is 1.89 bits per heavy atom. The van der Waals surface area contributed by atoms with E-state index in [-0.39, 0.29) is 5.91 Å². The summed E-state index contributed by atoms with van der Waals surface area (Å²) in [6.45, 7) is 10.5. The molecule has 2 saturated heterocycles. The topological polar surface area (TPSA) is 50.6 Å². The largest absolute Gasteiger partial charge is 0.379 e. The second kappa shape index (κ2) is 8.45. The van der Waals surface area contributed by atoms with Crippen LogP contribution in [0.5, 0.6) is 0 Å². The van der Waals surface area contributed by atoms with Gasteiger partial charge in [-0.2, -0.15) is 5.10 Å². The lowest BCUT2D eigenvalue weighted by atomic mass is 9.96. The second-order valence-corrected chi connectivity index (χ2v) is 8.06. The molecule has 4 rings (SSSR count). The number of hydrogen-bond donors (Lipinski definition) is 0. The number of aromatic nitrogens is 2. The highest BCUT2D eigenvalue weighted by molar-refractivity contribution is 5.94. The number of amides is 1. The maximum Gasteiger partial charge on any atom is 0.253 e. The quantitative estimate of drug-likeness (QED) is 0.816. The average Bonchev–Trinajstić information content (AvgIpc) is 3.06. The number of rotatable bonds is 4. The van der Waals surface area contributed by atoms with Crippen LogP contribution in [-0.4, -0.2) is 71.4 Å². The molecule has 6 heteroatoms. The Hall–Kier alpha value is -2.18. The van der Waals surface area contributed by atoms with Crippen molar-refractivity contribution in [2.45, 2.75) is 26.7 Å². The number of likely N-dealkylation sites (tertiary alicyclic amines) is 1. The van der Waals surface area contributed by atoms with E-state index in [1.807, 2.05) is 47.7 Å². The van der Waals surface area contributed by atoms with Crippen LogP contribution in [0, 0.1) is 19.8 Å². The molecule has 0 unspecified atom stereocenters. The van der Waals surface area contributed by atoms with E-state index in [2.05, 4.69) is 16.1 Å². The molecule has 1 amide bonds. The third-order valence-corrected chi connectivity index (χ3v) is 5.79. The van der Waals surface area contributed by atoms with Crippen LogP contribution in [0.25, 0.3) is 5.69 Å². The molecule has 1 atom stereocenters. The third-order valence-electron chi connectivity index (χ3n) is 5.79. The summed E-state index contributed by atoms with van der Waals surface area (Å²) in [5.74, 6) is 0.705. The van der Waals surface area contributed by atoms with Crippen molar-refractivity contribution >= 4 is 5.91 Å². The van der Waals surface area contributed by atoms with E-state index in [9.17, 15) is 4.79 Å². The summed E-state index contributed by atoms with van der Waals surface area (Å²) in [4.78, 5) is 17.5. The Labute approximate surface area is 167 Å². The van der Waals surface area contributed by atoms with E-state index in [0.29, 0.717) is 5.92 Å². The number of aryl methyl sites for hydroxylation is 2. The van der Waals surface area contributed by atoms with E-state index in [1.165, 1.54) is 6.42 Å². The lowest BCUT2D eigenvalue weighted by molar-refractivity contribution is 0.0224. The highest BCUT2D eigenvalue weighted by Gasteiger charge is 2.26. The number of ether oxygens (including phenoxy) is 1. The summed E-state index contributed by atoms with van der Waals surface area (Å²) >= 11 is 0. The van der Waals surface area contributed by atoms with Crippen LogP contribution in [0.4, 0.5) is 0 Å². The van der Waals surface area contributed by atoms with Crippen LogP contribution < -0.4 is 0 Å². The summed E-state index contributed by atoms with van der Waals surface area (Å²) < 4.78 is 7.36.